The van der Waals surface area contributed by atoms with E-state index in [1.807, 2.05) is 32.2 Å². The number of benzene rings is 2. The van der Waals surface area contributed by atoms with Gasteiger partial charge in [-0.2, -0.15) is 4.31 Å². The molecule has 0 bridgehead atoms. The quantitative estimate of drug-likeness (QED) is 0.649. The number of hydrogen-bond donors (Lipinski definition) is 1. The van der Waals surface area contributed by atoms with E-state index in [4.69, 9.17) is 11.6 Å². The van der Waals surface area contributed by atoms with Crippen molar-refractivity contribution in [3.63, 3.8) is 0 Å². The van der Waals surface area contributed by atoms with Gasteiger partial charge in [-0.3, -0.25) is 4.79 Å². The molecule has 0 aromatic heterocycles. The predicted octanol–water partition coefficient (Wildman–Crippen LogP) is 3.62. The van der Waals surface area contributed by atoms with Crippen LogP contribution in [0.4, 0.5) is 0 Å². The molecular weight excluding hydrogens is 434 g/mol. The number of hydrogen-bond acceptors (Lipinski definition) is 4. The number of piperidine rings is 1. The summed E-state index contributed by atoms with van der Waals surface area (Å²) in [4.78, 5) is 14.7. The molecular formula is C23H30ClN3O3S. The van der Waals surface area contributed by atoms with Gasteiger partial charge >= 0.3 is 0 Å². The van der Waals surface area contributed by atoms with Crippen LogP contribution in [-0.2, 0) is 16.6 Å². The van der Waals surface area contributed by atoms with Crippen molar-refractivity contribution >= 4 is 27.5 Å². The summed E-state index contributed by atoms with van der Waals surface area (Å²) in [5.41, 5.74) is 1.50. The van der Waals surface area contributed by atoms with Crippen LogP contribution in [0, 0.1) is 5.92 Å². The fraction of sp³-hybridized carbons (Fsp3) is 0.435. The van der Waals surface area contributed by atoms with Gasteiger partial charge in [-0.15, -0.1) is 0 Å². The van der Waals surface area contributed by atoms with Crippen LogP contribution in [0.2, 0.25) is 5.02 Å². The van der Waals surface area contributed by atoms with Gasteiger partial charge in [0.25, 0.3) is 5.91 Å². The molecule has 1 heterocycles. The molecule has 168 valence electrons. The highest BCUT2D eigenvalue weighted by Crippen LogP contribution is 2.29. The summed E-state index contributed by atoms with van der Waals surface area (Å²) in [6.45, 7) is 4.91. The van der Waals surface area contributed by atoms with Crippen LogP contribution in [-0.4, -0.2) is 56.8 Å². The Kier molecular flexibility index (Phi) is 8.11. The molecule has 1 aliphatic rings. The third-order valence-corrected chi connectivity index (χ3v) is 7.85. The van der Waals surface area contributed by atoms with Gasteiger partial charge in [0.1, 0.15) is 4.90 Å². The Morgan fingerprint density at radius 2 is 1.97 bits per heavy atom. The third-order valence-electron chi connectivity index (χ3n) is 5.51. The molecule has 2 aromatic carbocycles. The fourth-order valence-electron chi connectivity index (χ4n) is 3.78. The summed E-state index contributed by atoms with van der Waals surface area (Å²) >= 11 is 6.22. The summed E-state index contributed by atoms with van der Waals surface area (Å²) in [5.74, 6) is -0.00472. The van der Waals surface area contributed by atoms with E-state index in [0.717, 1.165) is 19.4 Å². The molecule has 3 rings (SSSR count). The largest absolute Gasteiger partial charge is 0.351 e. The van der Waals surface area contributed by atoms with E-state index in [9.17, 15) is 13.2 Å². The minimum atomic E-state index is -3.74. The molecule has 1 amide bonds. The average molecular weight is 464 g/mol. The Labute approximate surface area is 190 Å². The van der Waals surface area contributed by atoms with Crippen LogP contribution in [0.5, 0.6) is 0 Å². The zero-order valence-electron chi connectivity index (χ0n) is 18.1. The summed E-state index contributed by atoms with van der Waals surface area (Å²) in [5, 5.41) is 3.00. The van der Waals surface area contributed by atoms with Gasteiger partial charge < -0.3 is 10.2 Å². The fourth-order valence-corrected chi connectivity index (χ4v) is 5.88. The Morgan fingerprint density at radius 3 is 2.68 bits per heavy atom. The van der Waals surface area contributed by atoms with E-state index in [2.05, 4.69) is 22.3 Å². The molecule has 1 N–H and O–H groups in total. The number of carbonyl (C=O) groups is 1. The summed E-state index contributed by atoms with van der Waals surface area (Å²) in [6, 6.07) is 14.5. The van der Waals surface area contributed by atoms with E-state index >= 15 is 0 Å². The maximum Gasteiger partial charge on any atom is 0.251 e. The van der Waals surface area contributed by atoms with Crippen molar-refractivity contribution < 1.29 is 13.2 Å². The molecule has 0 saturated carbocycles. The normalized spacial score (nSPS) is 17.6. The lowest BCUT2D eigenvalue weighted by Gasteiger charge is -2.30. The van der Waals surface area contributed by atoms with Crippen molar-refractivity contribution in [3.8, 4) is 0 Å². The molecule has 6 nitrogen and oxygen atoms in total. The molecule has 1 saturated heterocycles. The van der Waals surface area contributed by atoms with Crippen LogP contribution in [0.3, 0.4) is 0 Å². The number of carbonyl (C=O) groups excluding carboxylic acids is 1. The van der Waals surface area contributed by atoms with E-state index in [1.54, 1.807) is 6.07 Å². The van der Waals surface area contributed by atoms with Gasteiger partial charge in [0.05, 0.1) is 5.02 Å². The molecule has 31 heavy (non-hydrogen) atoms. The zero-order chi connectivity index (χ0) is 22.4. The first kappa shape index (κ1) is 23.7. The van der Waals surface area contributed by atoms with Crippen LogP contribution < -0.4 is 5.32 Å². The number of rotatable bonds is 8. The molecule has 0 aliphatic carbocycles. The van der Waals surface area contributed by atoms with Crippen molar-refractivity contribution in [2.24, 2.45) is 5.92 Å². The second-order valence-electron chi connectivity index (χ2n) is 8.23. The number of sulfonamides is 1. The minimum Gasteiger partial charge on any atom is -0.351 e. The highest BCUT2D eigenvalue weighted by molar-refractivity contribution is 7.89. The molecule has 1 aliphatic heterocycles. The van der Waals surface area contributed by atoms with Crippen LogP contribution >= 0.6 is 11.6 Å². The zero-order valence-corrected chi connectivity index (χ0v) is 19.6. The number of nitrogens with zero attached hydrogens (tertiary/aromatic N) is 2. The highest BCUT2D eigenvalue weighted by atomic mass is 35.5. The second kappa shape index (κ2) is 10.6. The van der Waals surface area contributed by atoms with Crippen molar-refractivity contribution in [1.29, 1.82) is 0 Å². The first-order chi connectivity index (χ1) is 14.8. The molecule has 2 aromatic rings. The van der Waals surface area contributed by atoms with Crippen LogP contribution in [0.1, 0.15) is 35.7 Å². The van der Waals surface area contributed by atoms with Crippen LogP contribution in [0.25, 0.3) is 0 Å². The predicted molar refractivity (Wildman–Crippen MR) is 124 cm³/mol. The van der Waals surface area contributed by atoms with Crippen molar-refractivity contribution in [3.05, 3.63) is 64.7 Å². The van der Waals surface area contributed by atoms with E-state index < -0.39 is 10.0 Å². The third kappa shape index (κ3) is 6.29. The molecule has 8 heteroatoms. The van der Waals surface area contributed by atoms with E-state index in [1.165, 1.54) is 22.0 Å². The Bertz CT molecular complexity index is 998. The average Bonchev–Trinajstić information content (AvgIpc) is 2.74. The first-order valence-electron chi connectivity index (χ1n) is 10.6. The van der Waals surface area contributed by atoms with Crippen molar-refractivity contribution in [2.75, 3.05) is 33.2 Å². The number of nitrogens with one attached hydrogen (secondary N) is 1. The molecule has 1 fully saturated rings. The Hall–Kier alpha value is -1.93. The standard InChI is InChI=1S/C23H30ClN3O3S/c1-18-7-6-13-27(16-18)31(29,30)22-15-20(10-11-21(22)24)23(28)25-12-14-26(2)17-19-8-4-3-5-9-19/h3-5,8-11,15,18H,6-7,12-14,16-17H2,1-2H3,(H,25,28). The number of amides is 1. The Balaban J connectivity index is 1.62. The summed E-state index contributed by atoms with van der Waals surface area (Å²) in [6.07, 6.45) is 1.84. The summed E-state index contributed by atoms with van der Waals surface area (Å²) < 4.78 is 27.7. The second-order valence-corrected chi connectivity index (χ2v) is 10.5. The van der Waals surface area contributed by atoms with Gasteiger partial charge in [-0.1, -0.05) is 48.9 Å². The molecule has 0 spiro atoms. The van der Waals surface area contributed by atoms with Gasteiger partial charge in [0, 0.05) is 38.3 Å². The van der Waals surface area contributed by atoms with Crippen molar-refractivity contribution in [2.45, 2.75) is 31.2 Å². The van der Waals surface area contributed by atoms with Gasteiger partial charge in [0.15, 0.2) is 0 Å². The first-order valence-corrected chi connectivity index (χ1v) is 12.4. The lowest BCUT2D eigenvalue weighted by Crippen LogP contribution is -2.39. The summed E-state index contributed by atoms with van der Waals surface area (Å²) in [7, 11) is -1.75. The van der Waals surface area contributed by atoms with E-state index in [0.29, 0.717) is 37.7 Å². The molecule has 0 radical (unpaired) electrons. The minimum absolute atomic E-state index is 0.00267. The number of likely N-dealkylation sites (N-methyl/N-ethyl adjacent to an activating group) is 1. The van der Waals surface area contributed by atoms with Gasteiger partial charge in [-0.25, -0.2) is 8.42 Å². The smallest absolute Gasteiger partial charge is 0.251 e. The highest BCUT2D eigenvalue weighted by Gasteiger charge is 2.30. The maximum atomic E-state index is 13.1. The monoisotopic (exact) mass is 463 g/mol. The van der Waals surface area contributed by atoms with Crippen molar-refractivity contribution in [1.82, 2.24) is 14.5 Å². The lowest BCUT2D eigenvalue weighted by molar-refractivity contribution is 0.0949. The van der Waals surface area contributed by atoms with Gasteiger partial charge in [0.2, 0.25) is 10.0 Å². The Morgan fingerprint density at radius 1 is 1.23 bits per heavy atom. The molecule has 1 atom stereocenters. The SMILES string of the molecule is CC1CCCN(S(=O)(=O)c2cc(C(=O)NCCN(C)Cc3ccccc3)ccc2Cl)C1. The van der Waals surface area contributed by atoms with E-state index in [-0.39, 0.29) is 15.8 Å². The van der Waals surface area contributed by atoms with Crippen LogP contribution in [0.15, 0.2) is 53.4 Å². The lowest BCUT2D eigenvalue weighted by atomic mass is 10.0. The molecule has 1 unspecified atom stereocenters. The number of halogens is 1. The maximum absolute atomic E-state index is 13.1. The van der Waals surface area contributed by atoms with Gasteiger partial charge in [-0.05, 0) is 49.6 Å². The topological polar surface area (TPSA) is 69.7 Å².